The highest BCUT2D eigenvalue weighted by Crippen LogP contribution is 2.50. The first-order valence-corrected chi connectivity index (χ1v) is 15.9. The maximum absolute atomic E-state index is 9.56. The first-order valence-electron chi connectivity index (χ1n) is 15.9. The van der Waals surface area contributed by atoms with Crippen LogP contribution >= 0.6 is 0 Å². The van der Waals surface area contributed by atoms with Gasteiger partial charge in [0, 0.05) is 32.5 Å². The smallest absolute Gasteiger partial charge is 0.161 e. The first kappa shape index (κ1) is 26.1. The van der Waals surface area contributed by atoms with E-state index in [1.54, 1.807) is 0 Å². The Balaban J connectivity index is 1.20. The van der Waals surface area contributed by atoms with Gasteiger partial charge in [0.25, 0.3) is 0 Å². The maximum Gasteiger partial charge on any atom is 0.161 e. The zero-order valence-electron chi connectivity index (χ0n) is 25.8. The second-order valence-corrected chi connectivity index (χ2v) is 13.0. The van der Waals surface area contributed by atoms with E-state index in [0.717, 1.165) is 77.2 Å². The third-order valence-corrected chi connectivity index (χ3v) is 10.1. The molecule has 1 aliphatic rings. The van der Waals surface area contributed by atoms with E-state index in [0.29, 0.717) is 5.56 Å². The standard InChI is InChI=1S/C43H26N2O2/c1-43(2)34-20-24(23-44)14-16-28(34)29-17-15-26(22-35(29)43)25-8-7-9-27(21-25)39-38-32-11-4-6-13-37(32)46-41(38)33-19-18-31-30-10-3-5-12-36(30)47-42(31)40(33)45-39/h3-22H,1-2H3. The fraction of sp³-hybridized carbons (Fsp3) is 0.0698. The highest BCUT2D eigenvalue weighted by molar-refractivity contribution is 6.24. The Morgan fingerprint density at radius 2 is 1.23 bits per heavy atom. The minimum Gasteiger partial charge on any atom is -0.455 e. The van der Waals surface area contributed by atoms with E-state index in [9.17, 15) is 5.26 Å². The van der Waals surface area contributed by atoms with E-state index in [4.69, 9.17) is 13.8 Å². The van der Waals surface area contributed by atoms with Crippen LogP contribution in [0.5, 0.6) is 0 Å². The summed E-state index contributed by atoms with van der Waals surface area (Å²) in [5, 5.41) is 14.6. The van der Waals surface area contributed by atoms with Crippen LogP contribution in [-0.2, 0) is 5.41 Å². The number of benzene rings is 6. The molecule has 0 aliphatic heterocycles. The number of aromatic nitrogens is 1. The van der Waals surface area contributed by atoms with Crippen molar-refractivity contribution < 1.29 is 8.83 Å². The topological polar surface area (TPSA) is 63.0 Å². The highest BCUT2D eigenvalue weighted by Gasteiger charge is 2.36. The van der Waals surface area contributed by atoms with E-state index in [-0.39, 0.29) is 5.41 Å². The molecule has 10 rings (SSSR count). The number of fused-ring (bicyclic) bond motifs is 12. The van der Waals surface area contributed by atoms with Crippen molar-refractivity contribution >= 4 is 54.8 Å². The molecule has 4 heteroatoms. The van der Waals surface area contributed by atoms with Gasteiger partial charge in [-0.05, 0) is 81.9 Å². The Kier molecular flexibility index (Phi) is 5.10. The molecule has 1 aliphatic carbocycles. The van der Waals surface area contributed by atoms with Crippen molar-refractivity contribution in [1.82, 2.24) is 4.98 Å². The number of pyridine rings is 1. The van der Waals surface area contributed by atoms with E-state index < -0.39 is 0 Å². The summed E-state index contributed by atoms with van der Waals surface area (Å²) in [4.78, 5) is 5.40. The predicted octanol–water partition coefficient (Wildman–Crippen LogP) is 11.5. The Morgan fingerprint density at radius 1 is 0.574 bits per heavy atom. The normalized spacial score (nSPS) is 13.5. The molecule has 6 aromatic carbocycles. The van der Waals surface area contributed by atoms with Gasteiger partial charge in [-0.2, -0.15) is 5.26 Å². The molecule has 3 aromatic heterocycles. The Morgan fingerprint density at radius 3 is 2.06 bits per heavy atom. The lowest BCUT2D eigenvalue weighted by atomic mass is 9.81. The van der Waals surface area contributed by atoms with Gasteiger partial charge in [-0.3, -0.25) is 0 Å². The third-order valence-electron chi connectivity index (χ3n) is 10.1. The lowest BCUT2D eigenvalue weighted by Gasteiger charge is -2.22. The molecule has 47 heavy (non-hydrogen) atoms. The average molecular weight is 603 g/mol. The Labute approximate surface area is 270 Å². The molecule has 0 atom stereocenters. The van der Waals surface area contributed by atoms with Crippen molar-refractivity contribution in [2.24, 2.45) is 0 Å². The molecule has 0 unspecified atom stereocenters. The van der Waals surface area contributed by atoms with E-state index >= 15 is 0 Å². The van der Waals surface area contributed by atoms with Crippen LogP contribution < -0.4 is 0 Å². The van der Waals surface area contributed by atoms with Gasteiger partial charge in [-0.1, -0.05) is 86.6 Å². The van der Waals surface area contributed by atoms with Gasteiger partial charge in [-0.15, -0.1) is 0 Å². The minimum atomic E-state index is -0.217. The number of hydrogen-bond acceptors (Lipinski definition) is 4. The van der Waals surface area contributed by atoms with Crippen molar-refractivity contribution in [3.05, 3.63) is 138 Å². The molecule has 9 aromatic rings. The second-order valence-electron chi connectivity index (χ2n) is 13.0. The summed E-state index contributed by atoms with van der Waals surface area (Å²) in [5.41, 5.74) is 13.5. The molecule has 220 valence electrons. The molecule has 0 radical (unpaired) electrons. The van der Waals surface area contributed by atoms with E-state index in [1.165, 1.54) is 22.3 Å². The van der Waals surface area contributed by atoms with Crippen molar-refractivity contribution in [2.45, 2.75) is 19.3 Å². The van der Waals surface area contributed by atoms with Crippen LogP contribution in [0.4, 0.5) is 0 Å². The summed E-state index contributed by atoms with van der Waals surface area (Å²) in [6, 6.07) is 44.3. The van der Waals surface area contributed by atoms with Gasteiger partial charge in [0.15, 0.2) is 5.58 Å². The van der Waals surface area contributed by atoms with Crippen LogP contribution in [0.3, 0.4) is 0 Å². The van der Waals surface area contributed by atoms with Crippen molar-refractivity contribution in [2.75, 3.05) is 0 Å². The van der Waals surface area contributed by atoms with Crippen molar-refractivity contribution in [1.29, 1.82) is 5.26 Å². The zero-order valence-corrected chi connectivity index (χ0v) is 25.8. The molecule has 0 amide bonds. The van der Waals surface area contributed by atoms with Crippen molar-refractivity contribution in [3.63, 3.8) is 0 Å². The molecule has 3 heterocycles. The monoisotopic (exact) mass is 602 g/mol. The highest BCUT2D eigenvalue weighted by atomic mass is 16.3. The zero-order chi connectivity index (χ0) is 31.4. The first-order chi connectivity index (χ1) is 23.0. The summed E-state index contributed by atoms with van der Waals surface area (Å²) >= 11 is 0. The largest absolute Gasteiger partial charge is 0.455 e. The summed E-state index contributed by atoms with van der Waals surface area (Å²) in [6.45, 7) is 4.50. The molecule has 0 fully saturated rings. The van der Waals surface area contributed by atoms with Crippen LogP contribution in [0, 0.1) is 11.3 Å². The average Bonchev–Trinajstić information content (AvgIpc) is 3.76. The maximum atomic E-state index is 9.56. The van der Waals surface area contributed by atoms with Gasteiger partial charge in [0.2, 0.25) is 0 Å². The van der Waals surface area contributed by atoms with Gasteiger partial charge in [0.1, 0.15) is 22.3 Å². The number of para-hydroxylation sites is 2. The Bertz CT molecular complexity index is 2840. The van der Waals surface area contributed by atoms with Crippen LogP contribution in [-0.4, -0.2) is 4.98 Å². The molecule has 0 N–H and O–H groups in total. The van der Waals surface area contributed by atoms with Crippen LogP contribution in [0.2, 0.25) is 0 Å². The number of furan rings is 2. The van der Waals surface area contributed by atoms with E-state index in [1.807, 2.05) is 48.5 Å². The van der Waals surface area contributed by atoms with Gasteiger partial charge in [0.05, 0.1) is 22.7 Å². The van der Waals surface area contributed by atoms with Gasteiger partial charge < -0.3 is 8.83 Å². The number of rotatable bonds is 2. The third kappa shape index (κ3) is 3.54. The minimum absolute atomic E-state index is 0.217. The summed E-state index contributed by atoms with van der Waals surface area (Å²) < 4.78 is 13.0. The fourth-order valence-electron chi connectivity index (χ4n) is 7.75. The quantitative estimate of drug-likeness (QED) is 0.197. The SMILES string of the molecule is CC1(C)c2cc(C#N)ccc2-c2ccc(-c3cccc(-c4nc5c(ccc6c7ccccc7oc65)c5oc6ccccc6c45)c3)cc21. The number of nitriles is 1. The van der Waals surface area contributed by atoms with Crippen molar-refractivity contribution in [3.8, 4) is 39.6 Å². The molecule has 0 spiro atoms. The number of nitrogens with zero attached hydrogens (tertiary/aromatic N) is 2. The van der Waals surface area contributed by atoms with Crippen LogP contribution in [0.25, 0.3) is 88.3 Å². The summed E-state index contributed by atoms with van der Waals surface area (Å²) in [5.74, 6) is 0. The molecule has 0 saturated heterocycles. The molecule has 0 bridgehead atoms. The molecule has 4 nitrogen and oxygen atoms in total. The Hall–Kier alpha value is -6.18. The predicted molar refractivity (Wildman–Crippen MR) is 189 cm³/mol. The van der Waals surface area contributed by atoms with Gasteiger partial charge in [-0.25, -0.2) is 4.98 Å². The second kappa shape index (κ2) is 9.19. The summed E-state index contributed by atoms with van der Waals surface area (Å²) in [7, 11) is 0. The summed E-state index contributed by atoms with van der Waals surface area (Å²) in [6.07, 6.45) is 0. The molecular formula is C43H26N2O2. The molecule has 0 saturated carbocycles. The molecular weight excluding hydrogens is 576 g/mol. The van der Waals surface area contributed by atoms with Crippen LogP contribution in [0.1, 0.15) is 30.5 Å². The lowest BCUT2D eigenvalue weighted by molar-refractivity contribution is 0.660. The fourth-order valence-corrected chi connectivity index (χ4v) is 7.75. The van der Waals surface area contributed by atoms with Crippen LogP contribution in [0.15, 0.2) is 130 Å². The lowest BCUT2D eigenvalue weighted by Crippen LogP contribution is -2.15. The van der Waals surface area contributed by atoms with E-state index in [2.05, 4.69) is 92.7 Å². The number of hydrogen-bond donors (Lipinski definition) is 0. The van der Waals surface area contributed by atoms with Gasteiger partial charge >= 0.3 is 0 Å².